The van der Waals surface area contributed by atoms with Crippen molar-refractivity contribution in [3.63, 3.8) is 0 Å². The van der Waals surface area contributed by atoms with Gasteiger partial charge in [0.1, 0.15) is 0 Å². The molecular formula is C15H16O3S. The minimum Gasteiger partial charge on any atom is -0.481 e. The van der Waals surface area contributed by atoms with Crippen LogP contribution < -0.4 is 0 Å². The number of thiophene rings is 1. The molecule has 3 rings (SSSR count). The van der Waals surface area contributed by atoms with E-state index in [1.165, 1.54) is 10.1 Å². The van der Waals surface area contributed by atoms with Gasteiger partial charge in [-0.2, -0.15) is 0 Å². The highest BCUT2D eigenvalue weighted by atomic mass is 32.1. The van der Waals surface area contributed by atoms with Gasteiger partial charge in [-0.3, -0.25) is 4.79 Å². The van der Waals surface area contributed by atoms with E-state index < -0.39 is 11.4 Å². The molecule has 100 valence electrons. The third-order valence-corrected chi connectivity index (χ3v) is 5.01. The molecule has 1 aromatic carbocycles. The normalized spacial score (nSPS) is 18.5. The molecule has 2 aromatic rings. The molecule has 1 saturated heterocycles. The molecule has 0 bridgehead atoms. The van der Waals surface area contributed by atoms with Crippen molar-refractivity contribution < 1.29 is 14.6 Å². The maximum atomic E-state index is 11.7. The summed E-state index contributed by atoms with van der Waals surface area (Å²) in [5.74, 6) is -0.689. The topological polar surface area (TPSA) is 46.5 Å². The molecule has 4 heteroatoms. The smallest absolute Gasteiger partial charge is 0.310 e. The highest BCUT2D eigenvalue weighted by molar-refractivity contribution is 7.17. The van der Waals surface area contributed by atoms with Gasteiger partial charge in [-0.1, -0.05) is 18.2 Å². The predicted octanol–water partition coefficient (Wildman–Crippen LogP) is 3.33. The third kappa shape index (κ3) is 2.26. The van der Waals surface area contributed by atoms with Gasteiger partial charge in [0.05, 0.1) is 5.41 Å². The minimum absolute atomic E-state index is 0.550. The summed E-state index contributed by atoms with van der Waals surface area (Å²) < 4.78 is 6.55. The van der Waals surface area contributed by atoms with Gasteiger partial charge in [0.25, 0.3) is 0 Å². The highest BCUT2D eigenvalue weighted by Crippen LogP contribution is 2.38. The standard InChI is InChI=1S/C15H16O3S/c16-14(17)15(5-7-18-8-6-15)9-11-10-19-13-4-2-1-3-12(11)13/h1-4,10H,5-9H2,(H,16,17). The molecule has 0 atom stereocenters. The first-order valence-corrected chi connectivity index (χ1v) is 7.35. The van der Waals surface area contributed by atoms with Crippen LogP contribution in [0.5, 0.6) is 0 Å². The lowest BCUT2D eigenvalue weighted by Gasteiger charge is -2.33. The Kier molecular flexibility index (Phi) is 3.29. The molecule has 2 heterocycles. The molecule has 1 aliphatic heterocycles. The number of carbonyl (C=O) groups is 1. The van der Waals surface area contributed by atoms with Crippen LogP contribution in [0.1, 0.15) is 18.4 Å². The number of ether oxygens (including phenoxy) is 1. The quantitative estimate of drug-likeness (QED) is 0.935. The first kappa shape index (κ1) is 12.6. The average Bonchev–Trinajstić information content (AvgIpc) is 2.83. The van der Waals surface area contributed by atoms with Crippen LogP contribution in [0.3, 0.4) is 0 Å². The predicted molar refractivity (Wildman–Crippen MR) is 75.7 cm³/mol. The van der Waals surface area contributed by atoms with E-state index in [1.807, 2.05) is 12.1 Å². The fourth-order valence-electron chi connectivity index (χ4n) is 2.76. The number of hydrogen-bond donors (Lipinski definition) is 1. The maximum Gasteiger partial charge on any atom is 0.310 e. The lowest BCUT2D eigenvalue weighted by atomic mass is 9.75. The zero-order chi connectivity index (χ0) is 13.3. The van der Waals surface area contributed by atoms with Crippen molar-refractivity contribution in [2.45, 2.75) is 19.3 Å². The largest absolute Gasteiger partial charge is 0.481 e. The van der Waals surface area contributed by atoms with Crippen LogP contribution in [0.4, 0.5) is 0 Å². The molecule has 0 aliphatic carbocycles. The van der Waals surface area contributed by atoms with Crippen LogP contribution in [0, 0.1) is 5.41 Å². The first-order valence-electron chi connectivity index (χ1n) is 6.48. The van der Waals surface area contributed by atoms with Gasteiger partial charge in [0.2, 0.25) is 0 Å². The van der Waals surface area contributed by atoms with Crippen LogP contribution in [-0.4, -0.2) is 24.3 Å². The van der Waals surface area contributed by atoms with Crippen molar-refractivity contribution in [3.05, 3.63) is 35.2 Å². The van der Waals surface area contributed by atoms with Crippen LogP contribution in [0.2, 0.25) is 0 Å². The summed E-state index contributed by atoms with van der Waals surface area (Å²) in [6.07, 6.45) is 1.81. The summed E-state index contributed by atoms with van der Waals surface area (Å²) >= 11 is 1.69. The summed E-state index contributed by atoms with van der Waals surface area (Å²) in [4.78, 5) is 11.7. The summed E-state index contributed by atoms with van der Waals surface area (Å²) in [7, 11) is 0. The van der Waals surface area contributed by atoms with Gasteiger partial charge in [-0.05, 0) is 41.7 Å². The zero-order valence-electron chi connectivity index (χ0n) is 10.6. The number of carboxylic acid groups (broad SMARTS) is 1. The lowest BCUT2D eigenvalue weighted by Crippen LogP contribution is -2.39. The molecule has 1 N–H and O–H groups in total. The van der Waals surface area contributed by atoms with Gasteiger partial charge in [-0.15, -0.1) is 11.3 Å². The lowest BCUT2D eigenvalue weighted by molar-refractivity contribution is -0.154. The Morgan fingerprint density at radius 1 is 1.32 bits per heavy atom. The number of hydrogen-bond acceptors (Lipinski definition) is 3. The van der Waals surface area contributed by atoms with E-state index in [0.717, 1.165) is 5.56 Å². The van der Waals surface area contributed by atoms with Crippen molar-refractivity contribution in [2.24, 2.45) is 5.41 Å². The SMILES string of the molecule is O=C(O)C1(Cc2csc3ccccc23)CCOCC1. The summed E-state index contributed by atoms with van der Waals surface area (Å²) in [6.45, 7) is 1.10. The Hall–Kier alpha value is -1.39. The molecule has 1 fully saturated rings. The third-order valence-electron chi connectivity index (χ3n) is 3.99. The van der Waals surface area contributed by atoms with Gasteiger partial charge >= 0.3 is 5.97 Å². The second-order valence-electron chi connectivity index (χ2n) is 5.13. The fourth-order valence-corrected chi connectivity index (χ4v) is 3.73. The molecule has 0 radical (unpaired) electrons. The van der Waals surface area contributed by atoms with E-state index in [1.54, 1.807) is 11.3 Å². The van der Waals surface area contributed by atoms with Crippen LogP contribution in [0.25, 0.3) is 10.1 Å². The van der Waals surface area contributed by atoms with Crippen LogP contribution in [0.15, 0.2) is 29.6 Å². The molecule has 0 saturated carbocycles. The molecule has 0 amide bonds. The Morgan fingerprint density at radius 2 is 2.05 bits per heavy atom. The number of benzene rings is 1. The van der Waals surface area contributed by atoms with E-state index >= 15 is 0 Å². The molecular weight excluding hydrogens is 260 g/mol. The average molecular weight is 276 g/mol. The summed E-state index contributed by atoms with van der Waals surface area (Å²) in [6, 6.07) is 8.19. The minimum atomic E-state index is -0.689. The molecule has 3 nitrogen and oxygen atoms in total. The number of fused-ring (bicyclic) bond motifs is 1. The van der Waals surface area contributed by atoms with Crippen molar-refractivity contribution in [1.29, 1.82) is 0 Å². The van der Waals surface area contributed by atoms with Crippen molar-refractivity contribution in [3.8, 4) is 0 Å². The Morgan fingerprint density at radius 3 is 2.79 bits per heavy atom. The van der Waals surface area contributed by atoms with Gasteiger partial charge in [-0.25, -0.2) is 0 Å². The maximum absolute atomic E-state index is 11.7. The van der Waals surface area contributed by atoms with E-state index in [4.69, 9.17) is 4.74 Å². The molecule has 0 spiro atoms. The van der Waals surface area contributed by atoms with Crippen molar-refractivity contribution >= 4 is 27.4 Å². The fraction of sp³-hybridized carbons (Fsp3) is 0.400. The number of carboxylic acids is 1. The van der Waals surface area contributed by atoms with Gasteiger partial charge in [0.15, 0.2) is 0 Å². The number of rotatable bonds is 3. The highest BCUT2D eigenvalue weighted by Gasteiger charge is 2.40. The van der Waals surface area contributed by atoms with Gasteiger partial charge < -0.3 is 9.84 Å². The summed E-state index contributed by atoms with van der Waals surface area (Å²) in [5, 5.41) is 12.9. The second-order valence-corrected chi connectivity index (χ2v) is 6.04. The molecule has 0 unspecified atom stereocenters. The van der Waals surface area contributed by atoms with Crippen LogP contribution in [-0.2, 0) is 16.0 Å². The molecule has 19 heavy (non-hydrogen) atoms. The van der Waals surface area contributed by atoms with E-state index in [0.29, 0.717) is 32.5 Å². The zero-order valence-corrected chi connectivity index (χ0v) is 11.4. The van der Waals surface area contributed by atoms with Crippen LogP contribution >= 0.6 is 11.3 Å². The van der Waals surface area contributed by atoms with E-state index in [-0.39, 0.29) is 0 Å². The number of aliphatic carboxylic acids is 1. The Balaban J connectivity index is 1.96. The van der Waals surface area contributed by atoms with E-state index in [9.17, 15) is 9.90 Å². The molecule has 1 aromatic heterocycles. The van der Waals surface area contributed by atoms with Gasteiger partial charge in [0, 0.05) is 17.9 Å². The van der Waals surface area contributed by atoms with E-state index in [2.05, 4.69) is 17.5 Å². The Bertz CT molecular complexity index is 596. The van der Waals surface area contributed by atoms with Crippen molar-refractivity contribution in [2.75, 3.05) is 13.2 Å². The Labute approximate surface area is 115 Å². The summed E-state index contributed by atoms with van der Waals surface area (Å²) in [5.41, 5.74) is 0.507. The first-order chi connectivity index (χ1) is 9.21. The monoisotopic (exact) mass is 276 g/mol. The molecule has 1 aliphatic rings. The van der Waals surface area contributed by atoms with Crippen molar-refractivity contribution in [1.82, 2.24) is 0 Å². The second kappa shape index (κ2) is 4.94.